The van der Waals surface area contributed by atoms with Gasteiger partial charge in [-0.15, -0.1) is 11.3 Å². The van der Waals surface area contributed by atoms with E-state index in [1.165, 1.54) is 11.3 Å². The van der Waals surface area contributed by atoms with E-state index < -0.39 is 5.97 Å². The average Bonchev–Trinajstić information content (AvgIpc) is 3.05. The van der Waals surface area contributed by atoms with Crippen molar-refractivity contribution in [2.24, 2.45) is 5.92 Å². The second-order valence-electron chi connectivity index (χ2n) is 5.31. The Balaban J connectivity index is 1.69. The van der Waals surface area contributed by atoms with Crippen LogP contribution in [0, 0.1) is 5.92 Å². The minimum atomic E-state index is -0.771. The summed E-state index contributed by atoms with van der Waals surface area (Å²) in [4.78, 5) is 29.5. The molecule has 0 atom stereocenters. The molecule has 114 valence electrons. The molecule has 2 heterocycles. The summed E-state index contributed by atoms with van der Waals surface area (Å²) in [6, 6.07) is 9.75. The zero-order chi connectivity index (χ0) is 15.5. The molecule has 0 spiro atoms. The van der Waals surface area contributed by atoms with E-state index in [4.69, 9.17) is 5.11 Å². The average molecular weight is 316 g/mol. The molecule has 1 aliphatic rings. The van der Waals surface area contributed by atoms with Crippen molar-refractivity contribution in [1.82, 2.24) is 9.88 Å². The van der Waals surface area contributed by atoms with E-state index >= 15 is 0 Å². The first-order valence-electron chi connectivity index (χ1n) is 7.18. The molecule has 1 amide bonds. The number of hydrogen-bond acceptors (Lipinski definition) is 4. The van der Waals surface area contributed by atoms with Crippen LogP contribution < -0.4 is 0 Å². The number of carboxylic acids is 1. The molecule has 5 nitrogen and oxygen atoms in total. The fourth-order valence-corrected chi connectivity index (χ4v) is 3.38. The molecule has 2 aromatic rings. The number of rotatable bonds is 3. The Kier molecular flexibility index (Phi) is 4.20. The number of piperidine rings is 1. The largest absolute Gasteiger partial charge is 0.481 e. The summed E-state index contributed by atoms with van der Waals surface area (Å²) < 4.78 is 0. The standard InChI is InChI=1S/C16H16N2O3S/c19-15(18-8-6-12(7-9-18)16(20)21)13-10-22-14(17-13)11-4-2-1-3-5-11/h1-5,10,12H,6-9H2,(H,20,21). The van der Waals surface area contributed by atoms with Crippen molar-refractivity contribution in [3.8, 4) is 10.6 Å². The number of hydrogen-bond donors (Lipinski definition) is 1. The van der Waals surface area contributed by atoms with Crippen LogP contribution in [-0.4, -0.2) is 40.0 Å². The van der Waals surface area contributed by atoms with Crippen molar-refractivity contribution in [3.63, 3.8) is 0 Å². The van der Waals surface area contributed by atoms with E-state index in [0.29, 0.717) is 31.6 Å². The van der Waals surface area contributed by atoms with Crippen LogP contribution in [0.5, 0.6) is 0 Å². The third-order valence-corrected chi connectivity index (χ3v) is 4.77. The zero-order valence-electron chi connectivity index (χ0n) is 11.9. The summed E-state index contributed by atoms with van der Waals surface area (Å²) >= 11 is 1.45. The second kappa shape index (κ2) is 6.27. The second-order valence-corrected chi connectivity index (χ2v) is 6.17. The summed E-state index contributed by atoms with van der Waals surface area (Å²) in [5, 5.41) is 11.6. The number of carbonyl (C=O) groups is 2. The van der Waals surface area contributed by atoms with Gasteiger partial charge in [-0.25, -0.2) is 4.98 Å². The molecule has 0 radical (unpaired) electrons. The van der Waals surface area contributed by atoms with E-state index in [9.17, 15) is 9.59 Å². The maximum absolute atomic E-state index is 12.4. The monoisotopic (exact) mass is 316 g/mol. The molecule has 1 saturated heterocycles. The Hall–Kier alpha value is -2.21. The minimum Gasteiger partial charge on any atom is -0.481 e. The summed E-state index contributed by atoms with van der Waals surface area (Å²) in [6.45, 7) is 0.960. The quantitative estimate of drug-likeness (QED) is 0.945. The number of aromatic nitrogens is 1. The lowest BCUT2D eigenvalue weighted by Crippen LogP contribution is -2.40. The molecule has 0 aliphatic carbocycles. The maximum atomic E-state index is 12.4. The van der Waals surface area contributed by atoms with Gasteiger partial charge in [0.2, 0.25) is 0 Å². The molecule has 22 heavy (non-hydrogen) atoms. The number of benzene rings is 1. The number of aliphatic carboxylic acids is 1. The van der Waals surface area contributed by atoms with E-state index in [1.807, 2.05) is 30.3 Å². The van der Waals surface area contributed by atoms with Crippen LogP contribution in [0.1, 0.15) is 23.3 Å². The van der Waals surface area contributed by atoms with Crippen LogP contribution in [0.4, 0.5) is 0 Å². The van der Waals surface area contributed by atoms with Crippen LogP contribution in [-0.2, 0) is 4.79 Å². The molecular weight excluding hydrogens is 300 g/mol. The highest BCUT2D eigenvalue weighted by Gasteiger charge is 2.28. The smallest absolute Gasteiger partial charge is 0.306 e. The molecule has 1 fully saturated rings. The van der Waals surface area contributed by atoms with Crippen molar-refractivity contribution < 1.29 is 14.7 Å². The topological polar surface area (TPSA) is 70.5 Å². The summed E-state index contributed by atoms with van der Waals surface area (Å²) in [5.41, 5.74) is 1.44. The van der Waals surface area contributed by atoms with Gasteiger partial charge in [0, 0.05) is 24.0 Å². The Bertz CT molecular complexity index is 676. The van der Waals surface area contributed by atoms with Crippen LogP contribution in [0.25, 0.3) is 10.6 Å². The zero-order valence-corrected chi connectivity index (χ0v) is 12.8. The third kappa shape index (κ3) is 3.01. The highest BCUT2D eigenvalue weighted by molar-refractivity contribution is 7.13. The Morgan fingerprint density at radius 2 is 1.86 bits per heavy atom. The molecule has 0 bridgehead atoms. The van der Waals surface area contributed by atoms with Crippen molar-refractivity contribution in [2.45, 2.75) is 12.8 Å². The summed E-state index contributed by atoms with van der Waals surface area (Å²) in [5.74, 6) is -1.21. The fraction of sp³-hybridized carbons (Fsp3) is 0.312. The van der Waals surface area contributed by atoms with E-state index in [1.54, 1.807) is 10.3 Å². The number of thiazole rings is 1. The van der Waals surface area contributed by atoms with E-state index in [2.05, 4.69) is 4.98 Å². The van der Waals surface area contributed by atoms with Gasteiger partial charge in [0.25, 0.3) is 5.91 Å². The molecule has 1 aliphatic heterocycles. The molecule has 1 aromatic carbocycles. The highest BCUT2D eigenvalue weighted by Crippen LogP contribution is 2.25. The van der Waals surface area contributed by atoms with Crippen LogP contribution in [0.2, 0.25) is 0 Å². The van der Waals surface area contributed by atoms with Gasteiger partial charge in [0.15, 0.2) is 0 Å². The Morgan fingerprint density at radius 3 is 2.50 bits per heavy atom. The predicted octanol–water partition coefficient (Wildman–Crippen LogP) is 2.75. The Morgan fingerprint density at radius 1 is 1.18 bits per heavy atom. The van der Waals surface area contributed by atoms with E-state index in [0.717, 1.165) is 10.6 Å². The lowest BCUT2D eigenvalue weighted by atomic mass is 9.97. The SMILES string of the molecule is O=C(O)C1CCN(C(=O)c2csc(-c3ccccc3)n2)CC1. The molecule has 6 heteroatoms. The number of carboxylic acid groups (broad SMARTS) is 1. The predicted molar refractivity (Wildman–Crippen MR) is 83.8 cm³/mol. The lowest BCUT2D eigenvalue weighted by molar-refractivity contribution is -0.143. The van der Waals surface area contributed by atoms with Gasteiger partial charge < -0.3 is 10.0 Å². The van der Waals surface area contributed by atoms with Gasteiger partial charge >= 0.3 is 5.97 Å². The highest BCUT2D eigenvalue weighted by atomic mass is 32.1. The van der Waals surface area contributed by atoms with E-state index in [-0.39, 0.29) is 11.8 Å². The molecule has 1 N–H and O–H groups in total. The van der Waals surface area contributed by atoms with Gasteiger partial charge in [0.1, 0.15) is 10.7 Å². The number of amides is 1. The van der Waals surface area contributed by atoms with Crippen molar-refractivity contribution in [2.75, 3.05) is 13.1 Å². The van der Waals surface area contributed by atoms with Crippen LogP contribution in [0.3, 0.4) is 0 Å². The number of carbonyl (C=O) groups excluding carboxylic acids is 1. The van der Waals surface area contributed by atoms with Crippen LogP contribution in [0.15, 0.2) is 35.7 Å². The normalized spacial score (nSPS) is 15.7. The fourth-order valence-electron chi connectivity index (χ4n) is 2.58. The van der Waals surface area contributed by atoms with Crippen molar-refractivity contribution in [1.29, 1.82) is 0 Å². The first-order chi connectivity index (χ1) is 10.6. The number of likely N-dealkylation sites (tertiary alicyclic amines) is 1. The first kappa shape index (κ1) is 14.7. The lowest BCUT2D eigenvalue weighted by Gasteiger charge is -2.29. The maximum Gasteiger partial charge on any atom is 0.306 e. The molecular formula is C16H16N2O3S. The first-order valence-corrected chi connectivity index (χ1v) is 8.06. The van der Waals surface area contributed by atoms with Crippen molar-refractivity contribution >= 4 is 23.2 Å². The molecule has 1 aromatic heterocycles. The molecule has 0 saturated carbocycles. The third-order valence-electron chi connectivity index (χ3n) is 3.88. The van der Waals surface area contributed by atoms with Crippen molar-refractivity contribution in [3.05, 3.63) is 41.4 Å². The van der Waals surface area contributed by atoms with Gasteiger partial charge in [-0.1, -0.05) is 30.3 Å². The molecule has 0 unspecified atom stereocenters. The summed E-state index contributed by atoms with van der Waals surface area (Å²) in [7, 11) is 0. The minimum absolute atomic E-state index is 0.109. The van der Waals surface area contributed by atoms with Gasteiger partial charge in [-0.3, -0.25) is 9.59 Å². The summed E-state index contributed by atoms with van der Waals surface area (Å²) in [6.07, 6.45) is 1.02. The molecule has 3 rings (SSSR count). The Labute approximate surface area is 132 Å². The van der Waals surface area contributed by atoms with Gasteiger partial charge in [-0.2, -0.15) is 0 Å². The number of nitrogens with zero attached hydrogens (tertiary/aromatic N) is 2. The van der Waals surface area contributed by atoms with Crippen LogP contribution >= 0.6 is 11.3 Å². The van der Waals surface area contributed by atoms with Gasteiger partial charge in [-0.05, 0) is 12.8 Å². The van der Waals surface area contributed by atoms with Gasteiger partial charge in [0.05, 0.1) is 5.92 Å².